The van der Waals surface area contributed by atoms with Gasteiger partial charge in [0.1, 0.15) is 5.44 Å². The highest BCUT2D eigenvalue weighted by Gasteiger charge is 2.41. The lowest BCUT2D eigenvalue weighted by Gasteiger charge is -2.41. The summed E-state index contributed by atoms with van der Waals surface area (Å²) in [6.07, 6.45) is -0.725. The van der Waals surface area contributed by atoms with Crippen LogP contribution >= 0.6 is 11.8 Å². The predicted molar refractivity (Wildman–Crippen MR) is 72.6 cm³/mol. The Bertz CT molecular complexity index is 371. The van der Waals surface area contributed by atoms with Gasteiger partial charge in [0.25, 0.3) is 0 Å². The number of rotatable bonds is 3. The minimum atomic E-state index is -0.470. The Morgan fingerprint density at radius 2 is 1.89 bits per heavy atom. The standard InChI is InChI=1S/C14H20O3S/c1-9-12(15)10(2)17-14(13(9)16-3)18-11-7-5-4-6-8-11/h4-10,12-15H,1-3H3/t9-,10+,12-,13-,14+/m1/s1. The molecule has 0 spiro atoms. The number of hydrogen-bond acceptors (Lipinski definition) is 4. The van der Waals surface area contributed by atoms with E-state index in [1.54, 1.807) is 18.9 Å². The molecule has 0 radical (unpaired) electrons. The molecule has 1 heterocycles. The molecule has 1 fully saturated rings. The third-order valence-electron chi connectivity index (χ3n) is 3.42. The van der Waals surface area contributed by atoms with E-state index in [9.17, 15) is 5.11 Å². The van der Waals surface area contributed by atoms with E-state index in [0.29, 0.717) is 0 Å². The molecule has 2 rings (SSSR count). The summed E-state index contributed by atoms with van der Waals surface area (Å²) in [4.78, 5) is 1.15. The van der Waals surface area contributed by atoms with Gasteiger partial charge in [-0.15, -0.1) is 0 Å². The van der Waals surface area contributed by atoms with Crippen molar-refractivity contribution in [2.45, 2.75) is 42.5 Å². The van der Waals surface area contributed by atoms with Gasteiger partial charge in [0, 0.05) is 17.9 Å². The monoisotopic (exact) mass is 268 g/mol. The topological polar surface area (TPSA) is 38.7 Å². The van der Waals surface area contributed by atoms with Crippen molar-refractivity contribution in [3.63, 3.8) is 0 Å². The molecule has 5 atom stereocenters. The van der Waals surface area contributed by atoms with Crippen LogP contribution in [-0.2, 0) is 9.47 Å². The van der Waals surface area contributed by atoms with E-state index in [1.165, 1.54) is 0 Å². The number of benzene rings is 1. The van der Waals surface area contributed by atoms with Crippen LogP contribution in [0.25, 0.3) is 0 Å². The zero-order chi connectivity index (χ0) is 13.1. The second-order valence-electron chi connectivity index (χ2n) is 4.69. The summed E-state index contributed by atoms with van der Waals surface area (Å²) in [5.41, 5.74) is -0.0780. The van der Waals surface area contributed by atoms with Gasteiger partial charge in [-0.25, -0.2) is 0 Å². The maximum atomic E-state index is 10.0. The first-order chi connectivity index (χ1) is 8.63. The molecule has 3 nitrogen and oxygen atoms in total. The molecule has 100 valence electrons. The van der Waals surface area contributed by atoms with E-state index in [1.807, 2.05) is 32.0 Å². The van der Waals surface area contributed by atoms with E-state index in [4.69, 9.17) is 9.47 Å². The molecular formula is C14H20O3S. The van der Waals surface area contributed by atoms with Crippen LogP contribution in [0, 0.1) is 5.92 Å². The molecule has 1 aliphatic heterocycles. The van der Waals surface area contributed by atoms with E-state index in [0.717, 1.165) is 4.90 Å². The Balaban J connectivity index is 2.10. The van der Waals surface area contributed by atoms with Crippen molar-refractivity contribution in [3.8, 4) is 0 Å². The van der Waals surface area contributed by atoms with Gasteiger partial charge >= 0.3 is 0 Å². The van der Waals surface area contributed by atoms with Crippen molar-refractivity contribution in [2.75, 3.05) is 7.11 Å². The second kappa shape index (κ2) is 6.06. The quantitative estimate of drug-likeness (QED) is 0.914. The van der Waals surface area contributed by atoms with Gasteiger partial charge in [-0.2, -0.15) is 0 Å². The number of thioether (sulfide) groups is 1. The average Bonchev–Trinajstić information content (AvgIpc) is 2.38. The van der Waals surface area contributed by atoms with Crippen molar-refractivity contribution in [3.05, 3.63) is 30.3 Å². The molecule has 1 N–H and O–H groups in total. The summed E-state index contributed by atoms with van der Waals surface area (Å²) in [6.45, 7) is 3.92. The van der Waals surface area contributed by atoms with Gasteiger partial charge < -0.3 is 14.6 Å². The molecule has 1 aliphatic rings. The second-order valence-corrected chi connectivity index (χ2v) is 5.86. The molecule has 0 unspecified atom stereocenters. The molecule has 0 saturated carbocycles. The Morgan fingerprint density at radius 1 is 1.22 bits per heavy atom. The molecule has 4 heteroatoms. The lowest BCUT2D eigenvalue weighted by molar-refractivity contribution is -0.169. The van der Waals surface area contributed by atoms with Gasteiger partial charge in [0.15, 0.2) is 0 Å². The van der Waals surface area contributed by atoms with Gasteiger partial charge in [0.05, 0.1) is 18.3 Å². The largest absolute Gasteiger partial charge is 0.390 e. The number of hydrogen-bond donors (Lipinski definition) is 1. The molecule has 0 aliphatic carbocycles. The first-order valence-electron chi connectivity index (χ1n) is 6.21. The molecular weight excluding hydrogens is 248 g/mol. The number of aliphatic hydroxyl groups excluding tert-OH is 1. The van der Waals surface area contributed by atoms with Gasteiger partial charge in [-0.3, -0.25) is 0 Å². The third kappa shape index (κ3) is 2.88. The molecule has 0 aromatic heterocycles. The summed E-state index contributed by atoms with van der Waals surface area (Å²) in [5.74, 6) is 0.0694. The van der Waals surface area contributed by atoms with Gasteiger partial charge in [-0.1, -0.05) is 36.9 Å². The Morgan fingerprint density at radius 3 is 2.50 bits per heavy atom. The predicted octanol–water partition coefficient (Wildman–Crippen LogP) is 2.54. The lowest BCUT2D eigenvalue weighted by Crippen LogP contribution is -2.51. The molecule has 1 aromatic carbocycles. The van der Waals surface area contributed by atoms with Crippen LogP contribution < -0.4 is 0 Å². The fraction of sp³-hybridized carbons (Fsp3) is 0.571. The van der Waals surface area contributed by atoms with Crippen molar-refractivity contribution < 1.29 is 14.6 Å². The van der Waals surface area contributed by atoms with E-state index in [-0.39, 0.29) is 23.6 Å². The van der Waals surface area contributed by atoms with Gasteiger partial charge in [0.2, 0.25) is 0 Å². The molecule has 18 heavy (non-hydrogen) atoms. The van der Waals surface area contributed by atoms with Crippen molar-refractivity contribution in [2.24, 2.45) is 5.92 Å². The van der Waals surface area contributed by atoms with Crippen LogP contribution in [0.5, 0.6) is 0 Å². The van der Waals surface area contributed by atoms with Gasteiger partial charge in [-0.05, 0) is 19.1 Å². The molecule has 1 aromatic rings. The highest BCUT2D eigenvalue weighted by molar-refractivity contribution is 7.99. The van der Waals surface area contributed by atoms with Crippen LogP contribution in [0.3, 0.4) is 0 Å². The molecule has 1 saturated heterocycles. The Kier molecular flexibility index (Phi) is 4.67. The minimum Gasteiger partial charge on any atom is -0.390 e. The molecule has 0 bridgehead atoms. The smallest absolute Gasteiger partial charge is 0.134 e. The minimum absolute atomic E-state index is 0.0694. The van der Waals surface area contributed by atoms with E-state index < -0.39 is 6.10 Å². The van der Waals surface area contributed by atoms with Crippen LogP contribution in [0.1, 0.15) is 13.8 Å². The Labute approximate surface area is 112 Å². The maximum absolute atomic E-state index is 10.0. The maximum Gasteiger partial charge on any atom is 0.134 e. The van der Waals surface area contributed by atoms with Crippen LogP contribution in [-0.4, -0.2) is 36.0 Å². The van der Waals surface area contributed by atoms with E-state index >= 15 is 0 Å². The summed E-state index contributed by atoms with van der Waals surface area (Å²) in [6, 6.07) is 10.1. The zero-order valence-corrected chi connectivity index (χ0v) is 11.8. The van der Waals surface area contributed by atoms with Crippen molar-refractivity contribution in [1.29, 1.82) is 0 Å². The first kappa shape index (κ1) is 13.9. The van der Waals surface area contributed by atoms with Crippen LogP contribution in [0.15, 0.2) is 35.2 Å². The SMILES string of the molecule is CO[C@@H]1[C@H](C)[C@@H](O)[C@H](C)O[C@H]1Sc1ccccc1. The lowest BCUT2D eigenvalue weighted by atomic mass is 9.92. The fourth-order valence-electron chi connectivity index (χ4n) is 2.29. The molecule has 0 amide bonds. The van der Waals surface area contributed by atoms with Crippen molar-refractivity contribution >= 4 is 11.8 Å². The summed E-state index contributed by atoms with van der Waals surface area (Å²) in [7, 11) is 1.67. The van der Waals surface area contributed by atoms with Crippen LogP contribution in [0.2, 0.25) is 0 Å². The Hall–Kier alpha value is -0.550. The highest BCUT2D eigenvalue weighted by atomic mass is 32.2. The average molecular weight is 268 g/mol. The van der Waals surface area contributed by atoms with Crippen molar-refractivity contribution in [1.82, 2.24) is 0 Å². The number of methoxy groups -OCH3 is 1. The third-order valence-corrected chi connectivity index (χ3v) is 4.58. The first-order valence-corrected chi connectivity index (χ1v) is 7.09. The number of aliphatic hydroxyl groups is 1. The summed E-state index contributed by atoms with van der Waals surface area (Å²) < 4.78 is 11.4. The summed E-state index contributed by atoms with van der Waals surface area (Å²) >= 11 is 1.65. The summed E-state index contributed by atoms with van der Waals surface area (Å²) in [5, 5.41) is 10.0. The zero-order valence-electron chi connectivity index (χ0n) is 10.9. The highest BCUT2D eigenvalue weighted by Crippen LogP contribution is 2.36. The normalized spacial score (nSPS) is 36.6. The number of ether oxygens (including phenoxy) is 2. The fourth-order valence-corrected chi connectivity index (χ4v) is 3.60. The van der Waals surface area contributed by atoms with Crippen LogP contribution in [0.4, 0.5) is 0 Å². The van der Waals surface area contributed by atoms with E-state index in [2.05, 4.69) is 12.1 Å².